The normalized spacial score (nSPS) is 18.8. The van der Waals surface area contributed by atoms with Crippen LogP contribution in [0.3, 0.4) is 0 Å². The van der Waals surface area contributed by atoms with E-state index in [2.05, 4.69) is 10.1 Å². The fourth-order valence-corrected chi connectivity index (χ4v) is 3.17. The third-order valence-corrected chi connectivity index (χ3v) is 5.04. The van der Waals surface area contributed by atoms with Crippen LogP contribution in [0.2, 0.25) is 15.2 Å². The van der Waals surface area contributed by atoms with E-state index < -0.39 is 17.4 Å². The van der Waals surface area contributed by atoms with Crippen molar-refractivity contribution < 1.29 is 18.8 Å². The number of ether oxygens (including phenoxy) is 1. The molecule has 0 aliphatic carbocycles. The van der Waals surface area contributed by atoms with Crippen molar-refractivity contribution in [2.45, 2.75) is 25.9 Å². The Morgan fingerprint density at radius 2 is 2.00 bits per heavy atom. The summed E-state index contributed by atoms with van der Waals surface area (Å²) in [5, 5.41) is 4.42. The van der Waals surface area contributed by atoms with Crippen LogP contribution in [-0.4, -0.2) is 28.9 Å². The van der Waals surface area contributed by atoms with Gasteiger partial charge in [0.25, 0.3) is 0 Å². The lowest BCUT2D eigenvalue weighted by Crippen LogP contribution is -2.37. The predicted molar refractivity (Wildman–Crippen MR) is 102 cm³/mol. The average molecular weight is 432 g/mol. The van der Waals surface area contributed by atoms with Gasteiger partial charge in [-0.25, -0.2) is 14.2 Å². The van der Waals surface area contributed by atoms with E-state index in [9.17, 15) is 9.18 Å². The maximum absolute atomic E-state index is 14.5. The number of oxime groups is 1. The highest BCUT2D eigenvalue weighted by Gasteiger charge is 2.44. The SMILES string of the molecule is CCOC(=O)C1(C)CC(c2cc(-c3cnc(Cl)c(Cl)c3)c(F)cc2Cl)=NO1. The number of hydrogen-bond donors (Lipinski definition) is 0. The van der Waals surface area contributed by atoms with Crippen molar-refractivity contribution in [2.75, 3.05) is 6.61 Å². The van der Waals surface area contributed by atoms with Gasteiger partial charge in [-0.3, -0.25) is 0 Å². The molecule has 2 aromatic rings. The smallest absolute Gasteiger partial charge is 0.353 e. The van der Waals surface area contributed by atoms with E-state index in [1.54, 1.807) is 13.8 Å². The van der Waals surface area contributed by atoms with E-state index in [4.69, 9.17) is 44.4 Å². The number of hydrogen-bond acceptors (Lipinski definition) is 5. The first kappa shape index (κ1) is 19.9. The Bertz CT molecular complexity index is 952. The number of carbonyl (C=O) groups is 1. The molecular weight excluding hydrogens is 418 g/mol. The van der Waals surface area contributed by atoms with Crippen LogP contribution >= 0.6 is 34.8 Å². The minimum absolute atomic E-state index is 0.119. The Kier molecular flexibility index (Phi) is 5.60. The highest BCUT2D eigenvalue weighted by Crippen LogP contribution is 2.35. The summed E-state index contributed by atoms with van der Waals surface area (Å²) in [4.78, 5) is 21.3. The van der Waals surface area contributed by atoms with Crippen molar-refractivity contribution in [3.63, 3.8) is 0 Å². The lowest BCUT2D eigenvalue weighted by Gasteiger charge is -2.18. The summed E-state index contributed by atoms with van der Waals surface area (Å²) in [5.74, 6) is -1.09. The van der Waals surface area contributed by atoms with Gasteiger partial charge in [0.05, 0.1) is 22.4 Å². The van der Waals surface area contributed by atoms with Crippen molar-refractivity contribution >= 4 is 46.5 Å². The molecule has 1 atom stereocenters. The summed E-state index contributed by atoms with van der Waals surface area (Å²) in [7, 11) is 0. The van der Waals surface area contributed by atoms with Gasteiger partial charge < -0.3 is 9.57 Å². The van der Waals surface area contributed by atoms with E-state index in [0.717, 1.165) is 6.07 Å². The molecule has 0 amide bonds. The molecular formula is C18H14Cl3FN2O3. The molecule has 0 spiro atoms. The standard InChI is InChI=1S/C18H14Cl3FN2O3/c1-3-26-17(25)18(2)7-15(24-27-18)11-5-10(14(22)6-12(11)19)9-4-13(20)16(21)23-8-9/h4-6,8H,3,7H2,1-2H3. The molecule has 2 heterocycles. The van der Waals surface area contributed by atoms with Gasteiger partial charge in [0.2, 0.25) is 5.60 Å². The van der Waals surface area contributed by atoms with Gasteiger partial charge in [0.15, 0.2) is 0 Å². The summed E-state index contributed by atoms with van der Waals surface area (Å²) < 4.78 is 19.5. The summed E-state index contributed by atoms with van der Waals surface area (Å²) in [6.45, 7) is 3.49. The third-order valence-electron chi connectivity index (χ3n) is 4.04. The Balaban J connectivity index is 1.98. The van der Waals surface area contributed by atoms with Crippen LogP contribution in [0.25, 0.3) is 11.1 Å². The molecule has 1 aromatic heterocycles. The lowest BCUT2D eigenvalue weighted by atomic mass is 9.94. The van der Waals surface area contributed by atoms with Crippen molar-refractivity contribution in [1.82, 2.24) is 4.98 Å². The number of rotatable bonds is 4. The zero-order valence-corrected chi connectivity index (χ0v) is 16.6. The van der Waals surface area contributed by atoms with Gasteiger partial charge >= 0.3 is 5.97 Å². The molecule has 5 nitrogen and oxygen atoms in total. The van der Waals surface area contributed by atoms with Gasteiger partial charge in [-0.05, 0) is 32.0 Å². The Labute approximate surface area is 170 Å². The van der Waals surface area contributed by atoms with Crippen LogP contribution < -0.4 is 0 Å². The number of esters is 1. The molecule has 9 heteroatoms. The molecule has 0 saturated carbocycles. The Hall–Kier alpha value is -1.89. The monoisotopic (exact) mass is 430 g/mol. The Morgan fingerprint density at radius 3 is 2.67 bits per heavy atom. The Morgan fingerprint density at radius 1 is 1.26 bits per heavy atom. The van der Waals surface area contributed by atoms with E-state index in [-0.39, 0.29) is 33.8 Å². The topological polar surface area (TPSA) is 60.8 Å². The number of benzene rings is 1. The minimum atomic E-state index is -1.26. The van der Waals surface area contributed by atoms with Gasteiger partial charge in [-0.1, -0.05) is 40.0 Å². The number of aromatic nitrogens is 1. The number of carbonyl (C=O) groups excluding carboxylic acids is 1. The maximum atomic E-state index is 14.5. The molecule has 142 valence electrons. The minimum Gasteiger partial charge on any atom is -0.463 e. The summed E-state index contributed by atoms with van der Waals surface area (Å²) >= 11 is 18.0. The zero-order chi connectivity index (χ0) is 19.8. The largest absolute Gasteiger partial charge is 0.463 e. The van der Waals surface area contributed by atoms with Crippen molar-refractivity contribution in [1.29, 1.82) is 0 Å². The highest BCUT2D eigenvalue weighted by atomic mass is 35.5. The molecule has 3 rings (SSSR count). The molecule has 1 aliphatic heterocycles. The first-order valence-electron chi connectivity index (χ1n) is 7.98. The van der Waals surface area contributed by atoms with Gasteiger partial charge in [-0.15, -0.1) is 0 Å². The van der Waals surface area contributed by atoms with Crippen LogP contribution in [0, 0.1) is 5.82 Å². The summed E-state index contributed by atoms with van der Waals surface area (Å²) in [6, 6.07) is 4.18. The fourth-order valence-electron chi connectivity index (χ4n) is 2.64. The van der Waals surface area contributed by atoms with E-state index in [0.29, 0.717) is 16.8 Å². The summed E-state index contributed by atoms with van der Waals surface area (Å²) in [5.41, 5.74) is 0.228. The molecule has 0 radical (unpaired) electrons. The molecule has 1 aromatic carbocycles. The first-order chi connectivity index (χ1) is 12.7. The number of nitrogens with zero attached hydrogens (tertiary/aromatic N) is 2. The average Bonchev–Trinajstić information content (AvgIpc) is 3.01. The van der Waals surface area contributed by atoms with Crippen molar-refractivity contribution in [3.05, 3.63) is 51.0 Å². The van der Waals surface area contributed by atoms with Crippen LogP contribution in [-0.2, 0) is 14.4 Å². The second-order valence-electron chi connectivity index (χ2n) is 6.07. The zero-order valence-electron chi connectivity index (χ0n) is 14.4. The van der Waals surface area contributed by atoms with Gasteiger partial charge in [0, 0.05) is 29.3 Å². The lowest BCUT2D eigenvalue weighted by molar-refractivity contribution is -0.166. The molecule has 0 bridgehead atoms. The molecule has 0 saturated heterocycles. The van der Waals surface area contributed by atoms with Crippen LogP contribution in [0.15, 0.2) is 29.6 Å². The second-order valence-corrected chi connectivity index (χ2v) is 7.24. The molecule has 1 unspecified atom stereocenters. The molecule has 1 aliphatic rings. The van der Waals surface area contributed by atoms with Gasteiger partial charge in [0.1, 0.15) is 11.0 Å². The van der Waals surface area contributed by atoms with Crippen LogP contribution in [0.5, 0.6) is 0 Å². The van der Waals surface area contributed by atoms with E-state index in [1.807, 2.05) is 0 Å². The molecule has 27 heavy (non-hydrogen) atoms. The number of halogens is 4. The summed E-state index contributed by atoms with van der Waals surface area (Å²) in [6.07, 6.45) is 1.54. The van der Waals surface area contributed by atoms with E-state index >= 15 is 0 Å². The second kappa shape index (κ2) is 7.62. The van der Waals surface area contributed by atoms with Gasteiger partial charge in [-0.2, -0.15) is 0 Å². The number of pyridine rings is 1. The van der Waals surface area contributed by atoms with Crippen molar-refractivity contribution in [2.24, 2.45) is 5.16 Å². The van der Waals surface area contributed by atoms with Crippen LogP contribution in [0.4, 0.5) is 4.39 Å². The van der Waals surface area contributed by atoms with Crippen molar-refractivity contribution in [3.8, 4) is 11.1 Å². The molecule has 0 fully saturated rings. The van der Waals surface area contributed by atoms with E-state index in [1.165, 1.54) is 18.3 Å². The fraction of sp³-hybridized carbons (Fsp3) is 0.278. The first-order valence-corrected chi connectivity index (χ1v) is 9.11. The molecule has 0 N–H and O–H groups in total. The maximum Gasteiger partial charge on any atom is 0.353 e. The highest BCUT2D eigenvalue weighted by molar-refractivity contribution is 6.41. The predicted octanol–water partition coefficient (Wildman–Crippen LogP) is 5.29. The quantitative estimate of drug-likeness (QED) is 0.487. The third kappa shape index (κ3) is 3.88. The van der Waals surface area contributed by atoms with Crippen LogP contribution in [0.1, 0.15) is 25.8 Å².